The van der Waals surface area contributed by atoms with Crippen LogP contribution in [0.25, 0.3) is 0 Å². The number of hydrogen-bond acceptors (Lipinski definition) is 4. The largest absolute Gasteiger partial charge is 0.478 e. The number of aliphatic carboxylic acids is 2. The number of carbonyl (C=O) groups excluding carboxylic acids is 1. The average molecular weight is 375 g/mol. The summed E-state index contributed by atoms with van der Waals surface area (Å²) in [7, 11) is 2.11. The number of likely N-dealkylation sites (N-methyl/N-ethyl adjacent to an activating group) is 1. The molecule has 0 saturated carbocycles. The number of rotatable bonds is 2. The number of piperazine rings is 1. The molecule has 1 aromatic carbocycles. The van der Waals surface area contributed by atoms with Gasteiger partial charge in [0, 0.05) is 50.6 Å². The molecule has 2 aliphatic rings. The van der Waals surface area contributed by atoms with Gasteiger partial charge in [0.05, 0.1) is 0 Å². The van der Waals surface area contributed by atoms with Crippen LogP contribution in [0.1, 0.15) is 12.0 Å². The molecule has 0 aliphatic carbocycles. The zero-order valence-corrected chi connectivity index (χ0v) is 15.4. The number of urea groups is 1. The number of benzene rings is 1. The SMILES string of the molecule is CN1CCN(C(=O)N2CCCc3ccccc32)CC1.O=C(O)/C=C\C(=O)O. The van der Waals surface area contributed by atoms with Crippen LogP contribution in [0.3, 0.4) is 0 Å². The highest BCUT2D eigenvalue weighted by molar-refractivity contribution is 5.93. The molecule has 1 aromatic rings. The third kappa shape index (κ3) is 6.10. The van der Waals surface area contributed by atoms with E-state index in [-0.39, 0.29) is 6.03 Å². The smallest absolute Gasteiger partial charge is 0.328 e. The number of aryl methyl sites for hydroxylation is 1. The summed E-state index contributed by atoms with van der Waals surface area (Å²) in [5.74, 6) is -2.51. The van der Waals surface area contributed by atoms with Crippen LogP contribution in [-0.4, -0.2) is 77.8 Å². The van der Waals surface area contributed by atoms with Gasteiger partial charge in [-0.3, -0.25) is 4.90 Å². The normalized spacial score (nSPS) is 17.1. The molecule has 3 rings (SSSR count). The Hall–Kier alpha value is -2.87. The number of amides is 2. The van der Waals surface area contributed by atoms with Gasteiger partial charge in [-0.1, -0.05) is 18.2 Å². The topological polar surface area (TPSA) is 101 Å². The van der Waals surface area contributed by atoms with E-state index >= 15 is 0 Å². The van der Waals surface area contributed by atoms with Gasteiger partial charge >= 0.3 is 18.0 Å². The van der Waals surface area contributed by atoms with Crippen LogP contribution in [0.5, 0.6) is 0 Å². The minimum Gasteiger partial charge on any atom is -0.478 e. The number of fused-ring (bicyclic) bond motifs is 1. The van der Waals surface area contributed by atoms with Crippen LogP contribution in [0.2, 0.25) is 0 Å². The number of nitrogens with zero attached hydrogens (tertiary/aromatic N) is 3. The predicted molar refractivity (Wildman–Crippen MR) is 101 cm³/mol. The number of anilines is 1. The van der Waals surface area contributed by atoms with E-state index in [1.165, 1.54) is 5.56 Å². The molecule has 0 spiro atoms. The Labute approximate surface area is 158 Å². The maximum atomic E-state index is 12.7. The molecule has 1 fully saturated rings. The molecule has 0 radical (unpaired) electrons. The van der Waals surface area contributed by atoms with Crippen LogP contribution in [0.15, 0.2) is 36.4 Å². The van der Waals surface area contributed by atoms with Gasteiger partial charge in [0.15, 0.2) is 0 Å². The van der Waals surface area contributed by atoms with E-state index in [0.29, 0.717) is 12.2 Å². The number of carboxylic acids is 2. The van der Waals surface area contributed by atoms with Crippen LogP contribution < -0.4 is 4.90 Å². The number of carboxylic acid groups (broad SMARTS) is 2. The zero-order valence-electron chi connectivity index (χ0n) is 15.4. The van der Waals surface area contributed by atoms with Gasteiger partial charge < -0.3 is 20.0 Å². The first-order chi connectivity index (χ1) is 12.9. The van der Waals surface area contributed by atoms with Gasteiger partial charge in [-0.05, 0) is 31.5 Å². The van der Waals surface area contributed by atoms with Gasteiger partial charge in [-0.2, -0.15) is 0 Å². The van der Waals surface area contributed by atoms with E-state index in [0.717, 1.165) is 51.3 Å². The van der Waals surface area contributed by atoms with Gasteiger partial charge in [0.25, 0.3) is 0 Å². The highest BCUT2D eigenvalue weighted by atomic mass is 16.4. The van der Waals surface area contributed by atoms with E-state index in [1.54, 1.807) is 0 Å². The predicted octanol–water partition coefficient (Wildman–Crippen LogP) is 1.52. The van der Waals surface area contributed by atoms with Gasteiger partial charge in [0.2, 0.25) is 0 Å². The quantitative estimate of drug-likeness (QED) is 0.760. The molecule has 2 amide bonds. The van der Waals surface area contributed by atoms with E-state index in [4.69, 9.17) is 10.2 Å². The Balaban J connectivity index is 0.000000279. The molecular formula is C19H25N3O5. The number of carbonyl (C=O) groups is 3. The van der Waals surface area contributed by atoms with Gasteiger partial charge in [-0.15, -0.1) is 0 Å². The fourth-order valence-electron chi connectivity index (χ4n) is 3.04. The van der Waals surface area contributed by atoms with E-state index in [1.807, 2.05) is 15.9 Å². The Morgan fingerprint density at radius 2 is 1.52 bits per heavy atom. The maximum absolute atomic E-state index is 12.7. The first kappa shape index (κ1) is 20.4. The van der Waals surface area contributed by atoms with Crippen molar-refractivity contribution in [3.05, 3.63) is 42.0 Å². The second-order valence-electron chi connectivity index (χ2n) is 6.47. The van der Waals surface area contributed by atoms with Crippen LogP contribution in [0, 0.1) is 0 Å². The summed E-state index contributed by atoms with van der Waals surface area (Å²) in [5, 5.41) is 15.6. The maximum Gasteiger partial charge on any atom is 0.328 e. The molecule has 2 aliphatic heterocycles. The van der Waals surface area contributed by atoms with E-state index < -0.39 is 11.9 Å². The van der Waals surface area contributed by atoms with Crippen molar-refractivity contribution in [2.24, 2.45) is 0 Å². The van der Waals surface area contributed by atoms with Crippen LogP contribution in [-0.2, 0) is 16.0 Å². The fraction of sp³-hybridized carbons (Fsp3) is 0.421. The van der Waals surface area contributed by atoms with Crippen molar-refractivity contribution in [2.75, 3.05) is 44.7 Å². The lowest BCUT2D eigenvalue weighted by atomic mass is 10.0. The first-order valence-electron chi connectivity index (χ1n) is 8.85. The Bertz CT molecular complexity index is 695. The summed E-state index contributed by atoms with van der Waals surface area (Å²) >= 11 is 0. The van der Waals surface area contributed by atoms with Crippen molar-refractivity contribution in [1.29, 1.82) is 0 Å². The first-order valence-corrected chi connectivity index (χ1v) is 8.85. The van der Waals surface area contributed by atoms with Gasteiger partial charge in [0.1, 0.15) is 0 Å². The molecule has 0 bridgehead atoms. The molecule has 146 valence electrons. The average Bonchev–Trinajstić information content (AvgIpc) is 2.66. The summed E-state index contributed by atoms with van der Waals surface area (Å²) < 4.78 is 0. The van der Waals surface area contributed by atoms with Crippen LogP contribution >= 0.6 is 0 Å². The van der Waals surface area contributed by atoms with Crippen molar-refractivity contribution in [1.82, 2.24) is 9.80 Å². The molecule has 27 heavy (non-hydrogen) atoms. The molecule has 1 saturated heterocycles. The molecular weight excluding hydrogens is 350 g/mol. The summed E-state index contributed by atoms with van der Waals surface area (Å²) in [4.78, 5) is 38.0. The summed E-state index contributed by atoms with van der Waals surface area (Å²) in [6.45, 7) is 4.48. The van der Waals surface area contributed by atoms with Crippen molar-refractivity contribution in [2.45, 2.75) is 12.8 Å². The van der Waals surface area contributed by atoms with Gasteiger partial charge in [-0.25, -0.2) is 14.4 Å². The third-order valence-corrected chi connectivity index (χ3v) is 4.48. The Kier molecular flexibility index (Phi) is 7.36. The minimum atomic E-state index is -1.26. The Morgan fingerprint density at radius 1 is 0.926 bits per heavy atom. The van der Waals surface area contributed by atoms with E-state index in [2.05, 4.69) is 30.1 Å². The number of hydrogen-bond donors (Lipinski definition) is 2. The molecule has 2 N–H and O–H groups in total. The van der Waals surface area contributed by atoms with Crippen molar-refractivity contribution >= 4 is 23.7 Å². The monoisotopic (exact) mass is 375 g/mol. The molecule has 2 heterocycles. The molecule has 8 heteroatoms. The second-order valence-corrected chi connectivity index (χ2v) is 6.47. The lowest BCUT2D eigenvalue weighted by Gasteiger charge is -2.38. The lowest BCUT2D eigenvalue weighted by Crippen LogP contribution is -2.52. The molecule has 8 nitrogen and oxygen atoms in total. The standard InChI is InChI=1S/C15H21N3O.C4H4O4/c1-16-9-11-17(12-10-16)15(19)18-8-4-6-13-5-2-3-7-14(13)18;5-3(6)1-2-4(7)8/h2-3,5,7H,4,6,8-12H2,1H3;1-2H,(H,5,6)(H,7,8)/b;2-1-. The fourth-order valence-corrected chi connectivity index (χ4v) is 3.04. The van der Waals surface area contributed by atoms with Crippen molar-refractivity contribution in [3.8, 4) is 0 Å². The Morgan fingerprint density at radius 3 is 2.11 bits per heavy atom. The summed E-state index contributed by atoms with van der Waals surface area (Å²) in [5.41, 5.74) is 2.41. The summed E-state index contributed by atoms with van der Waals surface area (Å²) in [6, 6.07) is 8.47. The second kappa shape index (κ2) is 9.72. The third-order valence-electron chi connectivity index (χ3n) is 4.48. The zero-order chi connectivity index (χ0) is 19.8. The highest BCUT2D eigenvalue weighted by Crippen LogP contribution is 2.27. The van der Waals surface area contributed by atoms with Crippen LogP contribution in [0.4, 0.5) is 10.5 Å². The number of para-hydroxylation sites is 1. The molecule has 0 aromatic heterocycles. The van der Waals surface area contributed by atoms with Crippen molar-refractivity contribution < 1.29 is 24.6 Å². The molecule has 0 unspecified atom stereocenters. The van der Waals surface area contributed by atoms with E-state index in [9.17, 15) is 14.4 Å². The molecule has 0 atom stereocenters. The summed E-state index contributed by atoms with van der Waals surface area (Å²) in [6.07, 6.45) is 3.27. The minimum absolute atomic E-state index is 0.181. The highest BCUT2D eigenvalue weighted by Gasteiger charge is 2.27. The van der Waals surface area contributed by atoms with Crippen molar-refractivity contribution in [3.63, 3.8) is 0 Å². The lowest BCUT2D eigenvalue weighted by molar-refractivity contribution is -0.134.